The molecule has 1 aromatic heterocycles. The van der Waals surface area contributed by atoms with E-state index >= 15 is 0 Å². The number of hydrogen-bond acceptors (Lipinski definition) is 3. The van der Waals surface area contributed by atoms with Crippen LogP contribution in [0.2, 0.25) is 0 Å². The van der Waals surface area contributed by atoms with E-state index in [1.54, 1.807) is 0 Å². The summed E-state index contributed by atoms with van der Waals surface area (Å²) in [4.78, 5) is 9.05. The highest BCUT2D eigenvalue weighted by molar-refractivity contribution is 9.10. The molecule has 1 aliphatic rings. The van der Waals surface area contributed by atoms with Crippen LogP contribution in [0, 0.1) is 0 Å². The van der Waals surface area contributed by atoms with Crippen LogP contribution in [0.25, 0.3) is 0 Å². The van der Waals surface area contributed by atoms with Crippen molar-refractivity contribution in [1.29, 1.82) is 0 Å². The summed E-state index contributed by atoms with van der Waals surface area (Å²) in [5.74, 6) is 1.50. The highest BCUT2D eigenvalue weighted by Crippen LogP contribution is 2.24. The van der Waals surface area contributed by atoms with E-state index < -0.39 is 0 Å². The smallest absolute Gasteiger partial charge is 0.135 e. The maximum absolute atomic E-state index is 5.99. The zero-order valence-corrected chi connectivity index (χ0v) is 11.6. The number of hydrogen-bond donors (Lipinski definition) is 1. The summed E-state index contributed by atoms with van der Waals surface area (Å²) in [6.45, 7) is 0. The Bertz CT molecular complexity index is 578. The van der Waals surface area contributed by atoms with Gasteiger partial charge < -0.3 is 5.73 Å². The first-order valence-corrected chi connectivity index (χ1v) is 6.90. The van der Waals surface area contributed by atoms with Gasteiger partial charge in [0.1, 0.15) is 11.6 Å². The van der Waals surface area contributed by atoms with Crippen molar-refractivity contribution in [2.24, 2.45) is 0 Å². The van der Waals surface area contributed by atoms with Crippen LogP contribution < -0.4 is 5.73 Å². The lowest BCUT2D eigenvalue weighted by atomic mass is 10.1. The summed E-state index contributed by atoms with van der Waals surface area (Å²) in [5, 5.41) is 0. The van der Waals surface area contributed by atoms with E-state index in [1.165, 1.54) is 5.56 Å². The molecule has 0 amide bonds. The number of anilines is 1. The van der Waals surface area contributed by atoms with Gasteiger partial charge in [-0.25, -0.2) is 9.97 Å². The van der Waals surface area contributed by atoms with Gasteiger partial charge in [0.15, 0.2) is 0 Å². The zero-order valence-electron chi connectivity index (χ0n) is 9.99. The Morgan fingerprint density at radius 3 is 2.67 bits per heavy atom. The summed E-state index contributed by atoms with van der Waals surface area (Å²) in [7, 11) is 0. The molecule has 0 fully saturated rings. The second-order valence-corrected chi connectivity index (χ2v) is 5.52. The van der Waals surface area contributed by atoms with Crippen molar-refractivity contribution >= 4 is 21.7 Å². The topological polar surface area (TPSA) is 51.8 Å². The molecule has 3 nitrogen and oxygen atoms in total. The normalized spacial score (nSPS) is 13.6. The number of benzene rings is 1. The first-order chi connectivity index (χ1) is 8.72. The van der Waals surface area contributed by atoms with Gasteiger partial charge in [0.25, 0.3) is 0 Å². The molecule has 1 aliphatic carbocycles. The first-order valence-electron chi connectivity index (χ1n) is 6.11. The van der Waals surface area contributed by atoms with Gasteiger partial charge in [-0.1, -0.05) is 28.1 Å². The largest absolute Gasteiger partial charge is 0.383 e. The van der Waals surface area contributed by atoms with Crippen molar-refractivity contribution in [2.75, 3.05) is 5.73 Å². The Morgan fingerprint density at radius 2 is 1.89 bits per heavy atom. The van der Waals surface area contributed by atoms with Gasteiger partial charge >= 0.3 is 0 Å². The number of fused-ring (bicyclic) bond motifs is 1. The van der Waals surface area contributed by atoms with Crippen LogP contribution in [-0.2, 0) is 19.3 Å². The fraction of sp³-hybridized carbons (Fsp3) is 0.286. The van der Waals surface area contributed by atoms with Crippen molar-refractivity contribution in [3.05, 3.63) is 51.4 Å². The van der Waals surface area contributed by atoms with Crippen LogP contribution in [0.4, 0.5) is 5.82 Å². The summed E-state index contributed by atoms with van der Waals surface area (Å²) >= 11 is 3.43. The van der Waals surface area contributed by atoms with E-state index in [0.29, 0.717) is 5.82 Å². The van der Waals surface area contributed by atoms with Crippen molar-refractivity contribution in [2.45, 2.75) is 25.7 Å². The number of rotatable bonds is 2. The predicted molar refractivity (Wildman–Crippen MR) is 75.4 cm³/mol. The van der Waals surface area contributed by atoms with E-state index in [9.17, 15) is 0 Å². The Morgan fingerprint density at radius 1 is 1.11 bits per heavy atom. The molecule has 3 rings (SSSR count). The molecule has 0 saturated heterocycles. The Hall–Kier alpha value is -1.42. The molecule has 0 aliphatic heterocycles. The van der Waals surface area contributed by atoms with Gasteiger partial charge in [-0.2, -0.15) is 0 Å². The summed E-state index contributed by atoms with van der Waals surface area (Å²) in [6, 6.07) is 8.23. The lowest BCUT2D eigenvalue weighted by molar-refractivity contribution is 0.886. The molecule has 0 saturated carbocycles. The molecule has 92 valence electrons. The second kappa shape index (κ2) is 4.69. The minimum absolute atomic E-state index is 0.671. The van der Waals surface area contributed by atoms with Gasteiger partial charge in [0.05, 0.1) is 0 Å². The number of nitrogens with zero attached hydrogens (tertiary/aromatic N) is 2. The number of nitrogens with two attached hydrogens (primary N) is 1. The van der Waals surface area contributed by atoms with E-state index in [-0.39, 0.29) is 0 Å². The van der Waals surface area contributed by atoms with Crippen molar-refractivity contribution in [3.63, 3.8) is 0 Å². The molecule has 18 heavy (non-hydrogen) atoms. The highest BCUT2D eigenvalue weighted by atomic mass is 79.9. The van der Waals surface area contributed by atoms with Gasteiger partial charge in [-0.05, 0) is 37.0 Å². The molecule has 0 radical (unpaired) electrons. The molecular formula is C14H14BrN3. The summed E-state index contributed by atoms with van der Waals surface area (Å²) in [6.07, 6.45) is 3.95. The average molecular weight is 304 g/mol. The first kappa shape index (κ1) is 11.7. The molecule has 2 aromatic rings. The van der Waals surface area contributed by atoms with Crippen LogP contribution in [0.5, 0.6) is 0 Å². The van der Waals surface area contributed by atoms with E-state index in [1.807, 2.05) is 12.1 Å². The van der Waals surface area contributed by atoms with Crippen LogP contribution in [0.1, 0.15) is 29.1 Å². The predicted octanol–water partition coefficient (Wildman–Crippen LogP) is 2.90. The Balaban J connectivity index is 1.89. The molecule has 0 bridgehead atoms. The van der Waals surface area contributed by atoms with Crippen LogP contribution in [0.15, 0.2) is 28.7 Å². The van der Waals surface area contributed by atoms with Gasteiger partial charge in [-0.15, -0.1) is 0 Å². The minimum Gasteiger partial charge on any atom is -0.383 e. The van der Waals surface area contributed by atoms with Gasteiger partial charge in [0, 0.05) is 22.2 Å². The third-order valence-corrected chi connectivity index (χ3v) is 3.82. The van der Waals surface area contributed by atoms with E-state index in [4.69, 9.17) is 5.73 Å². The van der Waals surface area contributed by atoms with E-state index in [2.05, 4.69) is 38.0 Å². The monoisotopic (exact) mass is 303 g/mol. The second-order valence-electron chi connectivity index (χ2n) is 4.61. The number of aryl methyl sites for hydroxylation is 1. The maximum Gasteiger partial charge on any atom is 0.135 e. The quantitative estimate of drug-likeness (QED) is 0.928. The summed E-state index contributed by atoms with van der Waals surface area (Å²) in [5.41, 5.74) is 9.51. The zero-order chi connectivity index (χ0) is 12.5. The molecule has 4 heteroatoms. The fourth-order valence-corrected chi connectivity index (χ4v) is 2.64. The molecule has 0 spiro atoms. The molecule has 1 aromatic carbocycles. The van der Waals surface area contributed by atoms with Gasteiger partial charge in [-0.3, -0.25) is 0 Å². The van der Waals surface area contributed by atoms with E-state index in [0.717, 1.165) is 47.2 Å². The third kappa shape index (κ3) is 2.25. The fourth-order valence-electron chi connectivity index (χ4n) is 2.38. The van der Waals surface area contributed by atoms with Crippen molar-refractivity contribution < 1.29 is 0 Å². The third-order valence-electron chi connectivity index (χ3n) is 3.29. The number of halogens is 1. The van der Waals surface area contributed by atoms with Crippen LogP contribution in [0.3, 0.4) is 0 Å². The lowest BCUT2D eigenvalue weighted by Crippen LogP contribution is -2.06. The molecule has 1 heterocycles. The maximum atomic E-state index is 5.99. The molecule has 0 unspecified atom stereocenters. The Labute approximate surface area is 115 Å². The van der Waals surface area contributed by atoms with Gasteiger partial charge in [0.2, 0.25) is 0 Å². The van der Waals surface area contributed by atoms with Crippen LogP contribution in [-0.4, -0.2) is 9.97 Å². The number of nitrogen functional groups attached to an aromatic ring is 1. The number of aromatic nitrogens is 2. The van der Waals surface area contributed by atoms with Crippen LogP contribution >= 0.6 is 15.9 Å². The standard InChI is InChI=1S/C14H14BrN3/c15-10-6-4-9(5-7-10)8-13-17-12-3-1-2-11(12)14(16)18-13/h4-7H,1-3,8H2,(H2,16,17,18). The Kier molecular flexibility index (Phi) is 3.04. The molecule has 0 atom stereocenters. The van der Waals surface area contributed by atoms with Crippen molar-refractivity contribution in [3.8, 4) is 0 Å². The average Bonchev–Trinajstić information content (AvgIpc) is 2.81. The SMILES string of the molecule is Nc1nc(Cc2ccc(Br)cc2)nc2c1CCC2. The molecule has 2 N–H and O–H groups in total. The minimum atomic E-state index is 0.671. The lowest BCUT2D eigenvalue weighted by Gasteiger charge is -2.06. The van der Waals surface area contributed by atoms with Crippen molar-refractivity contribution in [1.82, 2.24) is 9.97 Å². The summed E-state index contributed by atoms with van der Waals surface area (Å²) < 4.78 is 1.08. The molecular weight excluding hydrogens is 290 g/mol. The highest BCUT2D eigenvalue weighted by Gasteiger charge is 2.17.